The molecule has 4 heteroatoms. The number of carbonyl (C=O) groups excluding carboxylic acids is 1. The molecule has 1 fully saturated rings. The van der Waals surface area contributed by atoms with Gasteiger partial charge in [0.15, 0.2) is 0 Å². The van der Waals surface area contributed by atoms with Crippen molar-refractivity contribution in [1.82, 2.24) is 4.90 Å². The van der Waals surface area contributed by atoms with Crippen molar-refractivity contribution in [1.29, 1.82) is 0 Å². The zero-order valence-corrected chi connectivity index (χ0v) is 10.5. The van der Waals surface area contributed by atoms with Gasteiger partial charge in [-0.2, -0.15) is 0 Å². The maximum atomic E-state index is 13.1. The van der Waals surface area contributed by atoms with Gasteiger partial charge in [-0.3, -0.25) is 4.79 Å². The lowest BCUT2D eigenvalue weighted by Gasteiger charge is -2.22. The van der Waals surface area contributed by atoms with Crippen LogP contribution in [0.4, 0.5) is 4.39 Å². The molecule has 1 saturated carbocycles. The number of nitrogens with zero attached hydrogens (tertiary/aromatic N) is 1. The topological polar surface area (TPSA) is 40.5 Å². The van der Waals surface area contributed by atoms with Crippen molar-refractivity contribution in [3.05, 3.63) is 29.6 Å². The van der Waals surface area contributed by atoms with Crippen LogP contribution in [0.1, 0.15) is 36.5 Å². The quantitative estimate of drug-likeness (QED) is 0.874. The summed E-state index contributed by atoms with van der Waals surface area (Å²) in [5, 5.41) is 9.66. The van der Waals surface area contributed by atoms with Gasteiger partial charge in [-0.15, -0.1) is 0 Å². The molecule has 0 atom stereocenters. The Balaban J connectivity index is 2.17. The van der Waals surface area contributed by atoms with Gasteiger partial charge in [0.25, 0.3) is 5.91 Å². The second kappa shape index (κ2) is 5.38. The molecule has 1 aromatic carbocycles. The van der Waals surface area contributed by atoms with E-state index in [9.17, 15) is 14.3 Å². The SMILES string of the molecule is CCCN(CC1CC1)C(=O)c1cc(F)ccc1O. The monoisotopic (exact) mass is 251 g/mol. The van der Waals surface area contributed by atoms with Crippen molar-refractivity contribution in [3.8, 4) is 5.75 Å². The molecule has 0 unspecified atom stereocenters. The number of halogens is 1. The predicted octanol–water partition coefficient (Wildman–Crippen LogP) is 2.79. The fraction of sp³-hybridized carbons (Fsp3) is 0.500. The Kier molecular flexibility index (Phi) is 3.84. The van der Waals surface area contributed by atoms with Crippen molar-refractivity contribution < 1.29 is 14.3 Å². The van der Waals surface area contributed by atoms with Gasteiger partial charge < -0.3 is 10.0 Å². The fourth-order valence-corrected chi connectivity index (χ4v) is 2.01. The Morgan fingerprint density at radius 1 is 1.50 bits per heavy atom. The smallest absolute Gasteiger partial charge is 0.257 e. The molecule has 1 aliphatic carbocycles. The van der Waals surface area contributed by atoms with Crippen LogP contribution in [-0.4, -0.2) is 29.0 Å². The molecule has 0 bridgehead atoms. The van der Waals surface area contributed by atoms with Gasteiger partial charge in [-0.25, -0.2) is 4.39 Å². The summed E-state index contributed by atoms with van der Waals surface area (Å²) in [5.41, 5.74) is 0.0594. The van der Waals surface area contributed by atoms with E-state index in [4.69, 9.17) is 0 Å². The van der Waals surface area contributed by atoms with E-state index < -0.39 is 5.82 Å². The molecule has 2 rings (SSSR count). The molecule has 3 nitrogen and oxygen atoms in total. The molecule has 1 aliphatic rings. The highest BCUT2D eigenvalue weighted by Crippen LogP contribution is 2.31. The number of phenols is 1. The van der Waals surface area contributed by atoms with E-state index in [1.54, 1.807) is 4.90 Å². The Morgan fingerprint density at radius 3 is 2.83 bits per heavy atom. The number of phenolic OH excluding ortho intramolecular Hbond substituents is 1. The third-order valence-corrected chi connectivity index (χ3v) is 3.15. The third kappa shape index (κ3) is 3.00. The number of rotatable bonds is 5. The van der Waals surface area contributed by atoms with Gasteiger partial charge in [-0.1, -0.05) is 6.92 Å². The largest absolute Gasteiger partial charge is 0.507 e. The lowest BCUT2D eigenvalue weighted by atomic mass is 10.1. The summed E-state index contributed by atoms with van der Waals surface area (Å²) in [6.07, 6.45) is 3.17. The van der Waals surface area contributed by atoms with Crippen molar-refractivity contribution >= 4 is 5.91 Å². The normalized spacial score (nSPS) is 14.6. The summed E-state index contributed by atoms with van der Waals surface area (Å²) in [7, 11) is 0. The van der Waals surface area contributed by atoms with Gasteiger partial charge in [0.05, 0.1) is 5.56 Å². The fourth-order valence-electron chi connectivity index (χ4n) is 2.01. The van der Waals surface area contributed by atoms with E-state index in [0.717, 1.165) is 31.4 Å². The number of carbonyl (C=O) groups is 1. The second-order valence-corrected chi connectivity index (χ2v) is 4.86. The van der Waals surface area contributed by atoms with Gasteiger partial charge in [0, 0.05) is 13.1 Å². The van der Waals surface area contributed by atoms with E-state index in [1.165, 1.54) is 6.07 Å². The van der Waals surface area contributed by atoms with E-state index in [-0.39, 0.29) is 17.2 Å². The van der Waals surface area contributed by atoms with Crippen LogP contribution in [0.5, 0.6) is 5.75 Å². The summed E-state index contributed by atoms with van der Waals surface area (Å²) < 4.78 is 13.1. The molecular weight excluding hydrogens is 233 g/mol. The molecule has 0 spiro atoms. The summed E-state index contributed by atoms with van der Waals surface area (Å²) in [4.78, 5) is 14.0. The number of benzene rings is 1. The molecular formula is C14H18FNO2. The molecule has 0 saturated heterocycles. The van der Waals surface area contributed by atoms with Crippen molar-refractivity contribution in [2.45, 2.75) is 26.2 Å². The molecule has 98 valence electrons. The Bertz CT molecular complexity index is 443. The highest BCUT2D eigenvalue weighted by molar-refractivity contribution is 5.96. The Labute approximate surface area is 106 Å². The second-order valence-electron chi connectivity index (χ2n) is 4.86. The van der Waals surface area contributed by atoms with Gasteiger partial charge in [0.1, 0.15) is 11.6 Å². The summed E-state index contributed by atoms with van der Waals surface area (Å²) in [6, 6.07) is 3.48. The molecule has 0 aromatic heterocycles. The number of hydrogen-bond donors (Lipinski definition) is 1. The van der Waals surface area contributed by atoms with Crippen LogP contribution >= 0.6 is 0 Å². The van der Waals surface area contributed by atoms with Crippen LogP contribution < -0.4 is 0 Å². The average Bonchev–Trinajstić information content (AvgIpc) is 3.15. The third-order valence-electron chi connectivity index (χ3n) is 3.15. The van der Waals surface area contributed by atoms with Crippen molar-refractivity contribution in [2.75, 3.05) is 13.1 Å². The number of hydrogen-bond acceptors (Lipinski definition) is 2. The lowest BCUT2D eigenvalue weighted by molar-refractivity contribution is 0.0744. The summed E-state index contributed by atoms with van der Waals surface area (Å²) in [5.74, 6) is -0.353. The van der Waals surface area contributed by atoms with Crippen LogP contribution in [-0.2, 0) is 0 Å². The zero-order valence-electron chi connectivity index (χ0n) is 10.5. The molecule has 1 N–H and O–H groups in total. The van der Waals surface area contributed by atoms with E-state index >= 15 is 0 Å². The van der Waals surface area contributed by atoms with Gasteiger partial charge in [-0.05, 0) is 43.4 Å². The molecule has 1 amide bonds. The highest BCUT2D eigenvalue weighted by atomic mass is 19.1. The first-order valence-corrected chi connectivity index (χ1v) is 6.39. The maximum Gasteiger partial charge on any atom is 0.257 e. The minimum Gasteiger partial charge on any atom is -0.507 e. The maximum absolute atomic E-state index is 13.1. The zero-order chi connectivity index (χ0) is 13.1. The standard InChI is InChI=1S/C14H18FNO2/c1-2-7-16(9-10-3-4-10)14(18)12-8-11(15)5-6-13(12)17/h5-6,8,10,17H,2-4,7,9H2,1H3. The lowest BCUT2D eigenvalue weighted by Crippen LogP contribution is -2.33. The van der Waals surface area contributed by atoms with E-state index in [2.05, 4.69) is 0 Å². The first-order valence-electron chi connectivity index (χ1n) is 6.39. The van der Waals surface area contributed by atoms with Crippen LogP contribution in [0.3, 0.4) is 0 Å². The van der Waals surface area contributed by atoms with Gasteiger partial charge in [0.2, 0.25) is 0 Å². The number of aromatic hydroxyl groups is 1. The van der Waals surface area contributed by atoms with E-state index in [1.807, 2.05) is 6.92 Å². The molecule has 0 heterocycles. The molecule has 0 radical (unpaired) electrons. The van der Waals surface area contributed by atoms with Crippen LogP contribution in [0, 0.1) is 11.7 Å². The predicted molar refractivity (Wildman–Crippen MR) is 67.0 cm³/mol. The van der Waals surface area contributed by atoms with Crippen molar-refractivity contribution in [2.24, 2.45) is 5.92 Å². The van der Waals surface area contributed by atoms with Crippen LogP contribution in [0.25, 0.3) is 0 Å². The van der Waals surface area contributed by atoms with Crippen molar-refractivity contribution in [3.63, 3.8) is 0 Å². The Morgan fingerprint density at radius 2 is 2.22 bits per heavy atom. The highest BCUT2D eigenvalue weighted by Gasteiger charge is 2.27. The van der Waals surface area contributed by atoms with Crippen LogP contribution in [0.2, 0.25) is 0 Å². The number of amides is 1. The first kappa shape index (κ1) is 12.9. The van der Waals surface area contributed by atoms with E-state index in [0.29, 0.717) is 19.0 Å². The minimum atomic E-state index is -0.501. The molecule has 1 aromatic rings. The summed E-state index contributed by atoms with van der Waals surface area (Å²) >= 11 is 0. The molecule has 18 heavy (non-hydrogen) atoms. The average molecular weight is 251 g/mol. The minimum absolute atomic E-state index is 0.0594. The van der Waals surface area contributed by atoms with Gasteiger partial charge >= 0.3 is 0 Å². The van der Waals surface area contributed by atoms with Crippen LogP contribution in [0.15, 0.2) is 18.2 Å². The Hall–Kier alpha value is -1.58. The first-order chi connectivity index (χ1) is 8.61. The summed E-state index contributed by atoms with van der Waals surface area (Å²) in [6.45, 7) is 3.35. The molecule has 0 aliphatic heterocycles.